The highest BCUT2D eigenvalue weighted by molar-refractivity contribution is 5.91. The topological polar surface area (TPSA) is 63.2 Å². The van der Waals surface area contributed by atoms with Gasteiger partial charge in [0, 0.05) is 5.69 Å². The number of carbonyl (C=O) groups is 1. The minimum Gasteiger partial charge on any atom is -0.484 e. The molecule has 3 rings (SSSR count). The van der Waals surface area contributed by atoms with Crippen LogP contribution < -0.4 is 15.4 Å². The van der Waals surface area contributed by atoms with E-state index in [0.717, 1.165) is 11.4 Å². The van der Waals surface area contributed by atoms with Gasteiger partial charge in [0.15, 0.2) is 6.61 Å². The molecule has 3 aromatic rings. The van der Waals surface area contributed by atoms with Crippen LogP contribution in [0.15, 0.2) is 72.9 Å². The number of benzene rings is 2. The fraction of sp³-hybridized carbons (Fsp3) is 0.182. The zero-order valence-corrected chi connectivity index (χ0v) is 15.5. The average Bonchev–Trinajstić information content (AvgIpc) is 2.69. The second kappa shape index (κ2) is 8.85. The van der Waals surface area contributed by atoms with Crippen molar-refractivity contribution in [2.75, 3.05) is 17.2 Å². The lowest BCUT2D eigenvalue weighted by Crippen LogP contribution is -2.20. The van der Waals surface area contributed by atoms with Gasteiger partial charge < -0.3 is 15.4 Å². The van der Waals surface area contributed by atoms with E-state index in [1.54, 1.807) is 24.4 Å². The molecular formula is C22H23N3O2. The lowest BCUT2D eigenvalue weighted by atomic mass is 10.0. The summed E-state index contributed by atoms with van der Waals surface area (Å²) in [6, 6.07) is 21.1. The van der Waals surface area contributed by atoms with Crippen molar-refractivity contribution in [2.24, 2.45) is 0 Å². The van der Waals surface area contributed by atoms with Gasteiger partial charge in [-0.15, -0.1) is 0 Å². The highest BCUT2D eigenvalue weighted by Gasteiger charge is 2.07. The number of carbonyl (C=O) groups excluding carboxylic acids is 1. The predicted octanol–water partition coefficient (Wildman–Crippen LogP) is 4.97. The van der Waals surface area contributed by atoms with Crippen LogP contribution >= 0.6 is 0 Å². The third-order valence-corrected chi connectivity index (χ3v) is 4.01. The Morgan fingerprint density at radius 2 is 1.74 bits per heavy atom. The van der Waals surface area contributed by atoms with E-state index < -0.39 is 0 Å². The minimum atomic E-state index is -0.253. The Balaban J connectivity index is 1.56. The fourth-order valence-corrected chi connectivity index (χ4v) is 2.66. The van der Waals surface area contributed by atoms with Crippen LogP contribution in [0.4, 0.5) is 17.2 Å². The number of nitrogens with zero attached hydrogens (tertiary/aromatic N) is 1. The van der Waals surface area contributed by atoms with Crippen LogP contribution in [0.3, 0.4) is 0 Å². The molecule has 2 N–H and O–H groups in total. The molecule has 5 heteroatoms. The number of nitrogens with one attached hydrogen (secondary N) is 2. The van der Waals surface area contributed by atoms with Crippen molar-refractivity contribution in [1.29, 1.82) is 0 Å². The molecule has 0 aliphatic carbocycles. The number of hydrogen-bond donors (Lipinski definition) is 2. The molecular weight excluding hydrogens is 338 g/mol. The Bertz CT molecular complexity index is 878. The van der Waals surface area contributed by atoms with Crippen LogP contribution in [0.1, 0.15) is 25.3 Å². The highest BCUT2D eigenvalue weighted by Crippen LogP contribution is 2.26. The standard InChI is InChI=1S/C22H23N3O2/c1-16(2)19-10-6-7-11-20(19)24-17-12-13-21(23-14-17)25-22(26)15-27-18-8-4-3-5-9-18/h3-14,16,24H,15H2,1-2H3,(H,23,25,26). The summed E-state index contributed by atoms with van der Waals surface area (Å²) in [4.78, 5) is 16.3. The summed E-state index contributed by atoms with van der Waals surface area (Å²) in [5, 5.41) is 6.11. The van der Waals surface area contributed by atoms with Crippen molar-refractivity contribution in [1.82, 2.24) is 4.98 Å². The molecule has 0 aliphatic rings. The van der Waals surface area contributed by atoms with Crippen molar-refractivity contribution in [3.8, 4) is 5.75 Å². The minimum absolute atomic E-state index is 0.0620. The zero-order valence-electron chi connectivity index (χ0n) is 15.5. The number of ether oxygens (including phenoxy) is 1. The molecule has 5 nitrogen and oxygen atoms in total. The number of hydrogen-bond acceptors (Lipinski definition) is 4. The molecule has 2 aromatic carbocycles. The largest absolute Gasteiger partial charge is 0.484 e. The smallest absolute Gasteiger partial charge is 0.263 e. The maximum atomic E-state index is 12.0. The van der Waals surface area contributed by atoms with E-state index >= 15 is 0 Å². The molecule has 0 saturated heterocycles. The molecule has 0 spiro atoms. The Hall–Kier alpha value is -3.34. The van der Waals surface area contributed by atoms with Crippen LogP contribution in [0.25, 0.3) is 0 Å². The molecule has 0 aliphatic heterocycles. The van der Waals surface area contributed by atoms with Gasteiger partial charge in [-0.05, 0) is 41.8 Å². The van der Waals surface area contributed by atoms with E-state index in [2.05, 4.69) is 35.5 Å². The highest BCUT2D eigenvalue weighted by atomic mass is 16.5. The molecule has 27 heavy (non-hydrogen) atoms. The first-order valence-electron chi connectivity index (χ1n) is 8.91. The first-order valence-corrected chi connectivity index (χ1v) is 8.91. The third kappa shape index (κ3) is 5.31. The Labute approximate surface area is 159 Å². The van der Waals surface area contributed by atoms with Gasteiger partial charge in [0.1, 0.15) is 11.6 Å². The van der Waals surface area contributed by atoms with E-state index in [1.807, 2.05) is 42.5 Å². The molecule has 0 bridgehead atoms. The summed E-state index contributed by atoms with van der Waals surface area (Å²) < 4.78 is 5.43. The van der Waals surface area contributed by atoms with Crippen LogP contribution in [0.5, 0.6) is 5.75 Å². The first kappa shape index (κ1) is 18.5. The van der Waals surface area contributed by atoms with Gasteiger partial charge in [-0.25, -0.2) is 4.98 Å². The second-order valence-electron chi connectivity index (χ2n) is 6.45. The fourth-order valence-electron chi connectivity index (χ4n) is 2.66. The number of pyridine rings is 1. The molecule has 1 heterocycles. The van der Waals surface area contributed by atoms with Gasteiger partial charge in [0.25, 0.3) is 5.91 Å². The molecule has 0 atom stereocenters. The Morgan fingerprint density at radius 3 is 2.44 bits per heavy atom. The Morgan fingerprint density at radius 1 is 1.00 bits per heavy atom. The normalized spacial score (nSPS) is 10.5. The molecule has 0 saturated carbocycles. The van der Waals surface area contributed by atoms with E-state index in [1.165, 1.54) is 5.56 Å². The van der Waals surface area contributed by atoms with Crippen molar-refractivity contribution in [3.05, 3.63) is 78.5 Å². The zero-order chi connectivity index (χ0) is 19.1. The molecule has 1 amide bonds. The van der Waals surface area contributed by atoms with Gasteiger partial charge in [0.2, 0.25) is 0 Å². The number of para-hydroxylation sites is 2. The quantitative estimate of drug-likeness (QED) is 0.624. The summed E-state index contributed by atoms with van der Waals surface area (Å²) in [5.74, 6) is 1.31. The lowest BCUT2D eigenvalue weighted by molar-refractivity contribution is -0.118. The van der Waals surface area contributed by atoms with E-state index in [4.69, 9.17) is 4.74 Å². The van der Waals surface area contributed by atoms with Gasteiger partial charge in [-0.1, -0.05) is 50.2 Å². The van der Waals surface area contributed by atoms with Gasteiger partial charge >= 0.3 is 0 Å². The molecule has 0 unspecified atom stereocenters. The summed E-state index contributed by atoms with van der Waals surface area (Å²) in [6.45, 7) is 4.26. The average molecular weight is 361 g/mol. The molecule has 0 radical (unpaired) electrons. The summed E-state index contributed by atoms with van der Waals surface area (Å²) in [5.41, 5.74) is 3.16. The van der Waals surface area contributed by atoms with Gasteiger partial charge in [0.05, 0.1) is 11.9 Å². The molecule has 0 fully saturated rings. The van der Waals surface area contributed by atoms with E-state index in [9.17, 15) is 4.79 Å². The summed E-state index contributed by atoms with van der Waals surface area (Å²) in [7, 11) is 0. The van der Waals surface area contributed by atoms with Crippen molar-refractivity contribution < 1.29 is 9.53 Å². The van der Waals surface area contributed by atoms with E-state index in [-0.39, 0.29) is 12.5 Å². The summed E-state index contributed by atoms with van der Waals surface area (Å²) in [6.07, 6.45) is 1.70. The van der Waals surface area contributed by atoms with Crippen LogP contribution in [-0.4, -0.2) is 17.5 Å². The monoisotopic (exact) mass is 361 g/mol. The first-order chi connectivity index (χ1) is 13.1. The number of amides is 1. The molecule has 1 aromatic heterocycles. The van der Waals surface area contributed by atoms with Crippen LogP contribution in [0, 0.1) is 0 Å². The number of anilines is 3. The maximum Gasteiger partial charge on any atom is 0.263 e. The van der Waals surface area contributed by atoms with Crippen LogP contribution in [-0.2, 0) is 4.79 Å². The second-order valence-corrected chi connectivity index (χ2v) is 6.45. The summed E-state index contributed by atoms with van der Waals surface area (Å²) >= 11 is 0. The molecule has 138 valence electrons. The van der Waals surface area contributed by atoms with Crippen molar-refractivity contribution in [2.45, 2.75) is 19.8 Å². The van der Waals surface area contributed by atoms with Crippen molar-refractivity contribution in [3.63, 3.8) is 0 Å². The van der Waals surface area contributed by atoms with E-state index in [0.29, 0.717) is 17.5 Å². The number of rotatable bonds is 7. The van der Waals surface area contributed by atoms with Gasteiger partial charge in [-0.2, -0.15) is 0 Å². The Kier molecular flexibility index (Phi) is 6.05. The predicted molar refractivity (Wildman–Crippen MR) is 109 cm³/mol. The van der Waals surface area contributed by atoms with Crippen LogP contribution in [0.2, 0.25) is 0 Å². The lowest BCUT2D eigenvalue weighted by Gasteiger charge is -2.14. The van der Waals surface area contributed by atoms with Crippen molar-refractivity contribution >= 4 is 23.1 Å². The number of aromatic nitrogens is 1. The SMILES string of the molecule is CC(C)c1ccccc1Nc1ccc(NC(=O)COc2ccccc2)nc1. The van der Waals surface area contributed by atoms with Gasteiger partial charge in [-0.3, -0.25) is 4.79 Å². The third-order valence-electron chi connectivity index (χ3n) is 4.01. The maximum absolute atomic E-state index is 12.0.